The summed E-state index contributed by atoms with van der Waals surface area (Å²) in [6.45, 7) is 6.60. The van der Waals surface area contributed by atoms with E-state index in [0.717, 1.165) is 23.9 Å². The third-order valence-corrected chi connectivity index (χ3v) is 6.27. The molecule has 1 heterocycles. The fourth-order valence-corrected chi connectivity index (χ4v) is 4.21. The normalized spacial score (nSPS) is 17.1. The van der Waals surface area contributed by atoms with Crippen molar-refractivity contribution in [3.8, 4) is 0 Å². The maximum atomic E-state index is 14.0. The van der Waals surface area contributed by atoms with Crippen molar-refractivity contribution >= 4 is 16.6 Å². The number of pyridine rings is 1. The summed E-state index contributed by atoms with van der Waals surface area (Å²) in [4.78, 5) is 6.70. The van der Waals surface area contributed by atoms with Gasteiger partial charge in [0.05, 0.1) is 17.4 Å². The molecule has 144 valence electrons. The van der Waals surface area contributed by atoms with E-state index in [0.29, 0.717) is 10.9 Å². The van der Waals surface area contributed by atoms with Gasteiger partial charge in [-0.3, -0.25) is 4.98 Å². The van der Waals surface area contributed by atoms with Gasteiger partial charge >= 0.3 is 0 Å². The van der Waals surface area contributed by atoms with E-state index in [2.05, 4.69) is 60.8 Å². The lowest BCUT2D eigenvalue weighted by Crippen LogP contribution is -2.48. The Labute approximate surface area is 166 Å². The summed E-state index contributed by atoms with van der Waals surface area (Å²) in [6, 6.07) is 17.7. The van der Waals surface area contributed by atoms with Crippen molar-refractivity contribution in [1.82, 2.24) is 4.98 Å². The standard InChI is InChI=1S/C25H27FN2/c1-4-25(18-24(2)13-14-24,16-19-9-6-5-7-10-19)28(3)21-15-20-11-8-12-22(26)23(20)27-17-21/h4-12,15,17H,1,13-14,16,18H2,2-3H3. The quantitative estimate of drug-likeness (QED) is 0.460. The molecule has 0 radical (unpaired) electrons. The van der Waals surface area contributed by atoms with Crippen LogP contribution in [0, 0.1) is 11.2 Å². The maximum absolute atomic E-state index is 14.0. The highest BCUT2D eigenvalue weighted by Gasteiger charge is 2.46. The first kappa shape index (κ1) is 18.7. The number of aromatic nitrogens is 1. The summed E-state index contributed by atoms with van der Waals surface area (Å²) in [6.07, 6.45) is 8.31. The number of likely N-dealkylation sites (N-methyl/N-ethyl adjacent to an activating group) is 1. The van der Waals surface area contributed by atoms with Crippen LogP contribution in [0.3, 0.4) is 0 Å². The first-order valence-corrected chi connectivity index (χ1v) is 9.90. The zero-order valence-electron chi connectivity index (χ0n) is 16.7. The molecular formula is C25H27FN2. The van der Waals surface area contributed by atoms with E-state index in [1.54, 1.807) is 12.3 Å². The Balaban J connectivity index is 1.75. The Kier molecular flexibility index (Phi) is 4.70. The predicted octanol–water partition coefficient (Wildman–Crippen LogP) is 6.17. The zero-order chi connectivity index (χ0) is 19.8. The topological polar surface area (TPSA) is 16.1 Å². The van der Waals surface area contributed by atoms with Gasteiger partial charge in [-0.25, -0.2) is 4.39 Å². The number of nitrogens with zero attached hydrogens (tertiary/aromatic N) is 2. The highest BCUT2D eigenvalue weighted by Crippen LogP contribution is 2.53. The molecule has 0 aliphatic heterocycles. The van der Waals surface area contributed by atoms with E-state index in [1.165, 1.54) is 24.5 Å². The summed E-state index contributed by atoms with van der Waals surface area (Å²) in [5.41, 5.74) is 2.82. The molecule has 2 aromatic carbocycles. The van der Waals surface area contributed by atoms with Crippen LogP contribution >= 0.6 is 0 Å². The lowest BCUT2D eigenvalue weighted by molar-refractivity contribution is 0.359. The van der Waals surface area contributed by atoms with Crippen LogP contribution in [0.25, 0.3) is 10.9 Å². The van der Waals surface area contributed by atoms with Gasteiger partial charge in [0.2, 0.25) is 0 Å². The van der Waals surface area contributed by atoms with Crippen LogP contribution in [-0.2, 0) is 6.42 Å². The van der Waals surface area contributed by atoms with E-state index >= 15 is 0 Å². The molecule has 1 fully saturated rings. The third kappa shape index (κ3) is 3.54. The van der Waals surface area contributed by atoms with Crippen molar-refractivity contribution in [2.45, 2.75) is 38.1 Å². The molecule has 1 atom stereocenters. The molecule has 2 nitrogen and oxygen atoms in total. The SMILES string of the molecule is C=CC(Cc1ccccc1)(CC1(C)CC1)N(C)c1cnc2c(F)cccc2c1. The number of benzene rings is 2. The van der Waals surface area contributed by atoms with Crippen molar-refractivity contribution in [2.75, 3.05) is 11.9 Å². The van der Waals surface area contributed by atoms with E-state index in [-0.39, 0.29) is 11.4 Å². The van der Waals surface area contributed by atoms with Crippen molar-refractivity contribution in [1.29, 1.82) is 0 Å². The second-order valence-electron chi connectivity index (χ2n) is 8.52. The Hall–Kier alpha value is -2.68. The van der Waals surface area contributed by atoms with Gasteiger partial charge in [0, 0.05) is 12.4 Å². The van der Waals surface area contributed by atoms with Gasteiger partial charge in [-0.15, -0.1) is 6.58 Å². The van der Waals surface area contributed by atoms with Crippen molar-refractivity contribution in [3.05, 3.63) is 84.8 Å². The van der Waals surface area contributed by atoms with Gasteiger partial charge in [-0.05, 0) is 48.8 Å². The van der Waals surface area contributed by atoms with Crippen molar-refractivity contribution < 1.29 is 4.39 Å². The minimum absolute atomic E-state index is 0.227. The van der Waals surface area contributed by atoms with Crippen molar-refractivity contribution in [3.63, 3.8) is 0 Å². The predicted molar refractivity (Wildman–Crippen MR) is 115 cm³/mol. The van der Waals surface area contributed by atoms with Crippen LogP contribution in [-0.4, -0.2) is 17.6 Å². The number of hydrogen-bond donors (Lipinski definition) is 0. The molecule has 1 aliphatic rings. The van der Waals surface area contributed by atoms with Crippen LogP contribution in [0.2, 0.25) is 0 Å². The number of hydrogen-bond acceptors (Lipinski definition) is 2. The van der Waals surface area contributed by atoms with E-state index < -0.39 is 0 Å². The van der Waals surface area contributed by atoms with E-state index in [9.17, 15) is 4.39 Å². The van der Waals surface area contributed by atoms with E-state index in [1.807, 2.05) is 18.2 Å². The van der Waals surface area contributed by atoms with Gasteiger partial charge in [-0.2, -0.15) is 0 Å². The molecule has 4 rings (SSSR count). The van der Waals surface area contributed by atoms with Crippen LogP contribution in [0.5, 0.6) is 0 Å². The van der Waals surface area contributed by atoms with Gasteiger partial charge in [0.25, 0.3) is 0 Å². The molecule has 0 spiro atoms. The van der Waals surface area contributed by atoms with Crippen LogP contribution in [0.4, 0.5) is 10.1 Å². The summed E-state index contributed by atoms with van der Waals surface area (Å²) in [5.74, 6) is -0.281. The number of anilines is 1. The monoisotopic (exact) mass is 374 g/mol. The highest BCUT2D eigenvalue weighted by atomic mass is 19.1. The Morgan fingerprint density at radius 2 is 1.93 bits per heavy atom. The fourth-order valence-electron chi connectivity index (χ4n) is 4.21. The van der Waals surface area contributed by atoms with Gasteiger partial charge in [0.15, 0.2) is 0 Å². The smallest absolute Gasteiger partial charge is 0.149 e. The lowest BCUT2D eigenvalue weighted by atomic mass is 9.79. The molecule has 0 N–H and O–H groups in total. The number of para-hydroxylation sites is 1. The molecule has 3 aromatic rings. The van der Waals surface area contributed by atoms with Crippen LogP contribution in [0.15, 0.2) is 73.4 Å². The molecule has 1 aliphatic carbocycles. The van der Waals surface area contributed by atoms with Gasteiger partial charge in [0.1, 0.15) is 11.3 Å². The molecule has 0 amide bonds. The molecule has 0 saturated heterocycles. The van der Waals surface area contributed by atoms with Gasteiger partial charge < -0.3 is 4.90 Å². The zero-order valence-corrected chi connectivity index (χ0v) is 16.7. The summed E-state index contributed by atoms with van der Waals surface area (Å²) in [7, 11) is 2.11. The fraction of sp³-hybridized carbons (Fsp3) is 0.320. The molecule has 0 bridgehead atoms. The molecule has 3 heteroatoms. The molecular weight excluding hydrogens is 347 g/mol. The average molecular weight is 375 g/mol. The lowest BCUT2D eigenvalue weighted by Gasteiger charge is -2.43. The minimum atomic E-state index is -0.281. The largest absolute Gasteiger partial charge is 0.364 e. The molecule has 28 heavy (non-hydrogen) atoms. The summed E-state index contributed by atoms with van der Waals surface area (Å²) >= 11 is 0. The Morgan fingerprint density at radius 3 is 2.61 bits per heavy atom. The Morgan fingerprint density at radius 1 is 1.18 bits per heavy atom. The average Bonchev–Trinajstić information content (AvgIpc) is 3.44. The summed E-state index contributed by atoms with van der Waals surface area (Å²) in [5, 5.41) is 0.819. The van der Waals surface area contributed by atoms with Crippen LogP contribution in [0.1, 0.15) is 31.7 Å². The third-order valence-electron chi connectivity index (χ3n) is 6.27. The maximum Gasteiger partial charge on any atom is 0.149 e. The summed E-state index contributed by atoms with van der Waals surface area (Å²) < 4.78 is 14.0. The number of rotatable bonds is 7. The minimum Gasteiger partial charge on any atom is -0.364 e. The second-order valence-corrected chi connectivity index (χ2v) is 8.52. The second kappa shape index (κ2) is 7.05. The van der Waals surface area contributed by atoms with Crippen molar-refractivity contribution in [2.24, 2.45) is 5.41 Å². The highest BCUT2D eigenvalue weighted by molar-refractivity contribution is 5.82. The van der Waals surface area contributed by atoms with Crippen LogP contribution < -0.4 is 4.90 Å². The first-order chi connectivity index (χ1) is 13.4. The Bertz CT molecular complexity index is 994. The van der Waals surface area contributed by atoms with E-state index in [4.69, 9.17) is 0 Å². The molecule has 1 aromatic heterocycles. The first-order valence-electron chi connectivity index (χ1n) is 9.90. The van der Waals surface area contributed by atoms with Gasteiger partial charge in [-0.1, -0.05) is 55.5 Å². The number of halogens is 1. The molecule has 1 unspecified atom stereocenters. The number of fused-ring (bicyclic) bond motifs is 1. The molecule has 1 saturated carbocycles.